The third-order valence-corrected chi connectivity index (χ3v) is 5.49. The van der Waals surface area contributed by atoms with Gasteiger partial charge < -0.3 is 9.80 Å². The standard InChI is InChI=1S/C9H19NS.C9H19N/c1-9-3-5-10(6-4-9)7-8-11-2;1-3-6-10-7-4-9(2)5-8-10/h9H,3-8H2,1-2H3;9H,3-8H2,1-2H3. The van der Waals surface area contributed by atoms with Gasteiger partial charge in [0, 0.05) is 12.3 Å². The first kappa shape index (κ1) is 19.3. The van der Waals surface area contributed by atoms with E-state index in [0.717, 1.165) is 11.8 Å². The van der Waals surface area contributed by atoms with Gasteiger partial charge >= 0.3 is 0 Å². The molecule has 0 aromatic carbocycles. The summed E-state index contributed by atoms with van der Waals surface area (Å²) in [5.74, 6) is 3.25. The van der Waals surface area contributed by atoms with E-state index < -0.39 is 0 Å². The molecule has 2 aliphatic heterocycles. The Morgan fingerprint density at radius 2 is 1.24 bits per heavy atom. The van der Waals surface area contributed by atoms with E-state index in [1.807, 2.05) is 11.8 Å². The largest absolute Gasteiger partial charge is 0.303 e. The number of likely N-dealkylation sites (tertiary alicyclic amines) is 2. The lowest BCUT2D eigenvalue weighted by Gasteiger charge is -2.29. The van der Waals surface area contributed by atoms with Crippen LogP contribution in [-0.2, 0) is 0 Å². The van der Waals surface area contributed by atoms with Gasteiger partial charge in [-0.2, -0.15) is 11.8 Å². The number of thioether (sulfide) groups is 1. The van der Waals surface area contributed by atoms with Crippen molar-refractivity contribution in [2.75, 3.05) is 51.3 Å². The molecule has 0 unspecified atom stereocenters. The molecular weight excluding hydrogens is 276 g/mol. The van der Waals surface area contributed by atoms with Crippen LogP contribution in [0.25, 0.3) is 0 Å². The van der Waals surface area contributed by atoms with E-state index in [0.29, 0.717) is 0 Å². The van der Waals surface area contributed by atoms with Crippen molar-refractivity contribution in [3.63, 3.8) is 0 Å². The molecule has 2 rings (SSSR count). The second kappa shape index (κ2) is 11.8. The van der Waals surface area contributed by atoms with Gasteiger partial charge in [-0.15, -0.1) is 0 Å². The molecule has 0 aliphatic carbocycles. The average Bonchev–Trinajstić information content (AvgIpc) is 2.50. The maximum atomic E-state index is 2.59. The van der Waals surface area contributed by atoms with Crippen molar-refractivity contribution in [1.29, 1.82) is 0 Å². The van der Waals surface area contributed by atoms with Crippen LogP contribution in [0, 0.1) is 11.8 Å². The van der Waals surface area contributed by atoms with Crippen LogP contribution in [0.15, 0.2) is 0 Å². The van der Waals surface area contributed by atoms with Crippen LogP contribution >= 0.6 is 11.8 Å². The van der Waals surface area contributed by atoms with Crippen LogP contribution in [0.5, 0.6) is 0 Å². The summed E-state index contributed by atoms with van der Waals surface area (Å²) in [5, 5.41) is 0. The molecule has 21 heavy (non-hydrogen) atoms. The lowest BCUT2D eigenvalue weighted by atomic mass is 9.99. The smallest absolute Gasteiger partial charge is 0.00722 e. The van der Waals surface area contributed by atoms with E-state index >= 15 is 0 Å². The summed E-state index contributed by atoms with van der Waals surface area (Å²) in [4.78, 5) is 5.18. The van der Waals surface area contributed by atoms with Crippen LogP contribution < -0.4 is 0 Å². The molecule has 2 fully saturated rings. The van der Waals surface area contributed by atoms with Crippen LogP contribution in [0.1, 0.15) is 52.9 Å². The fraction of sp³-hybridized carbons (Fsp3) is 1.00. The second-order valence-electron chi connectivity index (χ2n) is 7.04. The monoisotopic (exact) mass is 314 g/mol. The van der Waals surface area contributed by atoms with Crippen LogP contribution in [-0.4, -0.2) is 61.1 Å². The van der Waals surface area contributed by atoms with Crippen molar-refractivity contribution < 1.29 is 0 Å². The van der Waals surface area contributed by atoms with E-state index in [4.69, 9.17) is 0 Å². The molecule has 2 nitrogen and oxygen atoms in total. The zero-order valence-electron chi connectivity index (χ0n) is 14.9. The average molecular weight is 315 g/mol. The highest BCUT2D eigenvalue weighted by Gasteiger charge is 2.14. The van der Waals surface area contributed by atoms with Gasteiger partial charge in [0.2, 0.25) is 0 Å². The van der Waals surface area contributed by atoms with Gasteiger partial charge in [0.15, 0.2) is 0 Å². The molecule has 0 spiro atoms. The van der Waals surface area contributed by atoms with Gasteiger partial charge in [0.1, 0.15) is 0 Å². The summed E-state index contributed by atoms with van der Waals surface area (Å²) in [7, 11) is 0. The third kappa shape index (κ3) is 9.10. The molecule has 126 valence electrons. The van der Waals surface area contributed by atoms with Crippen molar-refractivity contribution in [2.24, 2.45) is 11.8 Å². The molecule has 3 heteroatoms. The number of hydrogen-bond donors (Lipinski definition) is 0. The summed E-state index contributed by atoms with van der Waals surface area (Å²) in [6.45, 7) is 15.0. The molecule has 2 heterocycles. The van der Waals surface area contributed by atoms with Crippen molar-refractivity contribution >= 4 is 11.8 Å². The third-order valence-electron chi connectivity index (χ3n) is 4.90. The summed E-state index contributed by atoms with van der Waals surface area (Å²) >= 11 is 1.95. The predicted molar refractivity (Wildman–Crippen MR) is 98.3 cm³/mol. The van der Waals surface area contributed by atoms with Gasteiger partial charge in [0.25, 0.3) is 0 Å². The van der Waals surface area contributed by atoms with Crippen LogP contribution in [0.3, 0.4) is 0 Å². The molecule has 0 saturated carbocycles. The lowest BCUT2D eigenvalue weighted by molar-refractivity contribution is 0.193. The summed E-state index contributed by atoms with van der Waals surface area (Å²) in [6, 6.07) is 0. The number of rotatable bonds is 5. The highest BCUT2D eigenvalue weighted by Crippen LogP contribution is 2.16. The molecule has 2 aliphatic rings. The number of piperidine rings is 2. The molecule has 0 amide bonds. The molecule has 0 radical (unpaired) electrons. The zero-order valence-corrected chi connectivity index (χ0v) is 15.8. The minimum atomic E-state index is 0.973. The fourth-order valence-corrected chi connectivity index (χ4v) is 3.55. The number of nitrogens with zero attached hydrogens (tertiary/aromatic N) is 2. The van der Waals surface area contributed by atoms with Gasteiger partial charge in [-0.1, -0.05) is 20.8 Å². The Labute approximate surface area is 138 Å². The maximum Gasteiger partial charge on any atom is 0.00722 e. The molecule has 0 bridgehead atoms. The van der Waals surface area contributed by atoms with E-state index in [1.54, 1.807) is 0 Å². The molecular formula is C18H38N2S. The highest BCUT2D eigenvalue weighted by atomic mass is 32.2. The molecule has 2 saturated heterocycles. The lowest BCUT2D eigenvalue weighted by Crippen LogP contribution is -2.34. The Morgan fingerprint density at radius 3 is 1.62 bits per heavy atom. The predicted octanol–water partition coefficient (Wildman–Crippen LogP) is 4.21. The topological polar surface area (TPSA) is 6.48 Å². The first-order valence-electron chi connectivity index (χ1n) is 9.09. The minimum Gasteiger partial charge on any atom is -0.303 e. The Hall–Kier alpha value is 0.270. The van der Waals surface area contributed by atoms with Gasteiger partial charge in [-0.25, -0.2) is 0 Å². The number of hydrogen-bond acceptors (Lipinski definition) is 3. The molecule has 0 aromatic heterocycles. The Bertz CT molecular complexity index is 229. The van der Waals surface area contributed by atoms with Crippen molar-refractivity contribution in [1.82, 2.24) is 9.80 Å². The normalized spacial score (nSPS) is 22.9. The molecule has 0 atom stereocenters. The highest BCUT2D eigenvalue weighted by molar-refractivity contribution is 7.98. The van der Waals surface area contributed by atoms with E-state index in [1.165, 1.54) is 77.1 Å². The Morgan fingerprint density at radius 1 is 0.810 bits per heavy atom. The fourth-order valence-electron chi connectivity index (χ4n) is 3.11. The van der Waals surface area contributed by atoms with E-state index in [9.17, 15) is 0 Å². The summed E-state index contributed by atoms with van der Waals surface area (Å²) in [6.07, 6.45) is 9.16. The summed E-state index contributed by atoms with van der Waals surface area (Å²) in [5.41, 5.74) is 0. The van der Waals surface area contributed by atoms with E-state index in [2.05, 4.69) is 36.8 Å². The second-order valence-corrected chi connectivity index (χ2v) is 8.03. The Balaban J connectivity index is 0.000000211. The van der Waals surface area contributed by atoms with E-state index in [-0.39, 0.29) is 0 Å². The first-order chi connectivity index (χ1) is 10.2. The quantitative estimate of drug-likeness (QED) is 0.750. The van der Waals surface area contributed by atoms with Crippen LogP contribution in [0.4, 0.5) is 0 Å². The van der Waals surface area contributed by atoms with Gasteiger partial charge in [-0.05, 0) is 82.9 Å². The zero-order chi connectivity index (χ0) is 15.5. The van der Waals surface area contributed by atoms with Crippen molar-refractivity contribution in [3.8, 4) is 0 Å². The Kier molecular flexibility index (Phi) is 10.8. The summed E-state index contributed by atoms with van der Waals surface area (Å²) < 4.78 is 0. The molecule has 0 aromatic rings. The van der Waals surface area contributed by atoms with Crippen molar-refractivity contribution in [2.45, 2.75) is 52.9 Å². The van der Waals surface area contributed by atoms with Gasteiger partial charge in [0.05, 0.1) is 0 Å². The van der Waals surface area contributed by atoms with Crippen molar-refractivity contribution in [3.05, 3.63) is 0 Å². The maximum absolute atomic E-state index is 2.59. The molecule has 0 N–H and O–H groups in total. The minimum absolute atomic E-state index is 0.973. The first-order valence-corrected chi connectivity index (χ1v) is 10.5. The SMILES string of the molecule is CCCN1CCC(C)CC1.CSCCN1CCC(C)CC1. The van der Waals surface area contributed by atoms with Gasteiger partial charge in [-0.3, -0.25) is 0 Å². The van der Waals surface area contributed by atoms with Crippen LogP contribution in [0.2, 0.25) is 0 Å².